The van der Waals surface area contributed by atoms with E-state index < -0.39 is 0 Å². The number of benzene rings is 2. The van der Waals surface area contributed by atoms with Crippen LogP contribution in [0, 0.1) is 0 Å². The van der Waals surface area contributed by atoms with Crippen molar-refractivity contribution >= 4 is 35.2 Å². The van der Waals surface area contributed by atoms with Crippen LogP contribution in [-0.4, -0.2) is 39.5 Å². The molecule has 0 N–H and O–H groups in total. The minimum atomic E-state index is 0.434. The van der Waals surface area contributed by atoms with Gasteiger partial charge in [-0.3, -0.25) is 0 Å². The quantitative estimate of drug-likeness (QED) is 0.660. The molecule has 0 saturated heterocycles. The molecule has 2 aromatic carbocycles. The van der Waals surface area contributed by atoms with E-state index in [-0.39, 0.29) is 0 Å². The Bertz CT molecular complexity index is 544. The standard InChI is InChI=1S/C16H18O2Se2/c1-3-17-13-8-7-9-14(12-13)19-20-16-11-6-5-10-15(16)18-4-2/h5-12H,3-4H2,1-2H3. The number of hydrogen-bond donors (Lipinski definition) is 0. The SMILES string of the molecule is CCOc1cccc([Se][Se]c2ccccc2OCC)c1. The number of ether oxygens (including phenoxy) is 2. The summed E-state index contributed by atoms with van der Waals surface area (Å²) >= 11 is 0.886. The van der Waals surface area contributed by atoms with Crippen LogP contribution in [0.1, 0.15) is 13.8 Å². The van der Waals surface area contributed by atoms with Crippen molar-refractivity contribution < 1.29 is 9.47 Å². The molecule has 0 aliphatic rings. The van der Waals surface area contributed by atoms with Crippen LogP contribution in [0.3, 0.4) is 0 Å². The fraction of sp³-hybridized carbons (Fsp3) is 0.250. The van der Waals surface area contributed by atoms with Crippen LogP contribution in [0.4, 0.5) is 0 Å². The van der Waals surface area contributed by atoms with Gasteiger partial charge in [0.25, 0.3) is 0 Å². The summed E-state index contributed by atoms with van der Waals surface area (Å²) in [4.78, 5) is 0. The molecule has 0 spiro atoms. The molecule has 0 atom stereocenters. The van der Waals surface area contributed by atoms with Crippen molar-refractivity contribution in [1.29, 1.82) is 0 Å². The van der Waals surface area contributed by atoms with Crippen molar-refractivity contribution in [2.45, 2.75) is 13.8 Å². The zero-order chi connectivity index (χ0) is 14.2. The summed E-state index contributed by atoms with van der Waals surface area (Å²) in [6.07, 6.45) is 0. The molecule has 0 heterocycles. The van der Waals surface area contributed by atoms with E-state index in [1.165, 1.54) is 8.92 Å². The van der Waals surface area contributed by atoms with Crippen molar-refractivity contribution in [2.75, 3.05) is 13.2 Å². The summed E-state index contributed by atoms with van der Waals surface area (Å²) in [7, 11) is 0. The second kappa shape index (κ2) is 8.38. The average molecular weight is 400 g/mol. The van der Waals surface area contributed by atoms with Crippen LogP contribution in [-0.2, 0) is 0 Å². The van der Waals surface area contributed by atoms with Gasteiger partial charge in [-0.15, -0.1) is 0 Å². The predicted octanol–water partition coefficient (Wildman–Crippen LogP) is 1.76. The molecule has 20 heavy (non-hydrogen) atoms. The molecule has 0 aliphatic carbocycles. The van der Waals surface area contributed by atoms with E-state index in [0.717, 1.165) is 24.7 Å². The molecule has 2 rings (SSSR count). The predicted molar refractivity (Wildman–Crippen MR) is 86.0 cm³/mol. The Kier molecular flexibility index (Phi) is 6.48. The van der Waals surface area contributed by atoms with Gasteiger partial charge < -0.3 is 0 Å². The summed E-state index contributed by atoms with van der Waals surface area (Å²) in [6, 6.07) is 16.8. The Morgan fingerprint density at radius 2 is 1.65 bits per heavy atom. The Morgan fingerprint density at radius 1 is 0.850 bits per heavy atom. The number of hydrogen-bond acceptors (Lipinski definition) is 2. The third kappa shape index (κ3) is 4.57. The summed E-state index contributed by atoms with van der Waals surface area (Å²) in [5, 5.41) is 0. The fourth-order valence-corrected chi connectivity index (χ4v) is 8.06. The van der Waals surface area contributed by atoms with Crippen molar-refractivity contribution in [2.24, 2.45) is 0 Å². The molecule has 2 aromatic rings. The van der Waals surface area contributed by atoms with Crippen molar-refractivity contribution in [3.63, 3.8) is 0 Å². The fourth-order valence-electron chi connectivity index (χ4n) is 1.67. The van der Waals surface area contributed by atoms with Crippen molar-refractivity contribution in [1.82, 2.24) is 0 Å². The zero-order valence-electron chi connectivity index (χ0n) is 11.7. The molecule has 0 aromatic heterocycles. The molecule has 0 aliphatic heterocycles. The van der Waals surface area contributed by atoms with Gasteiger partial charge in [-0.05, 0) is 0 Å². The van der Waals surface area contributed by atoms with Gasteiger partial charge in [0.2, 0.25) is 0 Å². The number of para-hydroxylation sites is 1. The van der Waals surface area contributed by atoms with Gasteiger partial charge in [0, 0.05) is 0 Å². The van der Waals surface area contributed by atoms with Crippen LogP contribution in [0.15, 0.2) is 48.5 Å². The molecule has 0 fully saturated rings. The average Bonchev–Trinajstić information content (AvgIpc) is 2.47. The van der Waals surface area contributed by atoms with Gasteiger partial charge in [0.1, 0.15) is 0 Å². The second-order valence-corrected chi connectivity index (χ2v) is 10.2. The topological polar surface area (TPSA) is 18.5 Å². The van der Waals surface area contributed by atoms with E-state index in [1.807, 2.05) is 26.0 Å². The van der Waals surface area contributed by atoms with Crippen LogP contribution in [0.25, 0.3) is 0 Å². The first-order valence-corrected chi connectivity index (χ1v) is 12.7. The summed E-state index contributed by atoms with van der Waals surface area (Å²) in [5.41, 5.74) is 0. The Morgan fingerprint density at radius 3 is 2.45 bits per heavy atom. The van der Waals surface area contributed by atoms with Crippen LogP contribution < -0.4 is 18.4 Å². The van der Waals surface area contributed by atoms with E-state index in [2.05, 4.69) is 36.4 Å². The Labute approximate surface area is 131 Å². The summed E-state index contributed by atoms with van der Waals surface area (Å²) in [5.74, 6) is 2.01. The third-order valence-corrected chi connectivity index (χ3v) is 9.65. The van der Waals surface area contributed by atoms with Crippen molar-refractivity contribution in [3.05, 3.63) is 48.5 Å². The van der Waals surface area contributed by atoms with Gasteiger partial charge in [0.15, 0.2) is 0 Å². The second-order valence-electron chi connectivity index (χ2n) is 3.95. The van der Waals surface area contributed by atoms with Crippen molar-refractivity contribution in [3.8, 4) is 11.5 Å². The monoisotopic (exact) mass is 402 g/mol. The van der Waals surface area contributed by atoms with E-state index in [4.69, 9.17) is 9.47 Å². The Hall–Kier alpha value is -0.921. The maximum absolute atomic E-state index is 5.69. The first-order chi connectivity index (χ1) is 9.83. The van der Waals surface area contributed by atoms with E-state index in [1.54, 1.807) is 0 Å². The number of rotatable bonds is 7. The molecule has 2 nitrogen and oxygen atoms in total. The normalized spacial score (nSPS) is 10.3. The molecular formula is C16H18O2Se2. The van der Waals surface area contributed by atoms with Gasteiger partial charge in [-0.25, -0.2) is 0 Å². The zero-order valence-corrected chi connectivity index (χ0v) is 15.1. The van der Waals surface area contributed by atoms with E-state index >= 15 is 0 Å². The van der Waals surface area contributed by atoms with Gasteiger partial charge >= 0.3 is 132 Å². The molecule has 106 valence electrons. The maximum atomic E-state index is 5.69. The molecule has 0 bridgehead atoms. The van der Waals surface area contributed by atoms with Crippen LogP contribution >= 0.6 is 0 Å². The minimum absolute atomic E-state index is 0.434. The Balaban J connectivity index is 2.03. The van der Waals surface area contributed by atoms with Gasteiger partial charge in [-0.2, -0.15) is 0 Å². The van der Waals surface area contributed by atoms with Crippen LogP contribution in [0.5, 0.6) is 11.5 Å². The first kappa shape index (κ1) is 15.5. The molecule has 4 heteroatoms. The molecule has 0 amide bonds. The summed E-state index contributed by atoms with van der Waals surface area (Å²) in [6.45, 7) is 5.48. The van der Waals surface area contributed by atoms with E-state index in [0.29, 0.717) is 26.3 Å². The summed E-state index contributed by atoms with van der Waals surface area (Å²) < 4.78 is 14.0. The van der Waals surface area contributed by atoms with Gasteiger partial charge in [-0.1, -0.05) is 0 Å². The molecule has 0 unspecified atom stereocenters. The van der Waals surface area contributed by atoms with Crippen LogP contribution in [0.2, 0.25) is 0 Å². The third-order valence-electron chi connectivity index (χ3n) is 2.49. The molecular weight excluding hydrogens is 382 g/mol. The first-order valence-electron chi connectivity index (χ1n) is 6.62. The molecule has 0 radical (unpaired) electrons. The van der Waals surface area contributed by atoms with Gasteiger partial charge in [0.05, 0.1) is 0 Å². The van der Waals surface area contributed by atoms with E-state index in [9.17, 15) is 0 Å². The molecule has 0 saturated carbocycles.